The Hall–Kier alpha value is -3.88. The Balaban J connectivity index is 1.54. The first-order chi connectivity index (χ1) is 13.9. The third kappa shape index (κ3) is 4.34. The molecule has 0 unspecified atom stereocenters. The summed E-state index contributed by atoms with van der Waals surface area (Å²) in [5, 5.41) is 3.85. The van der Waals surface area contributed by atoms with Gasteiger partial charge in [0, 0.05) is 34.6 Å². The van der Waals surface area contributed by atoms with E-state index < -0.39 is 6.36 Å². The van der Waals surface area contributed by atoms with Crippen LogP contribution in [0.15, 0.2) is 67.0 Å². The van der Waals surface area contributed by atoms with Gasteiger partial charge in [-0.25, -0.2) is 4.98 Å². The average Bonchev–Trinajstić information content (AvgIpc) is 2.68. The Kier molecular flexibility index (Phi) is 4.63. The summed E-state index contributed by atoms with van der Waals surface area (Å²) in [6.07, 6.45) is -1.47. The maximum atomic E-state index is 12.2. The van der Waals surface area contributed by atoms with Crippen LogP contribution in [0.5, 0.6) is 5.75 Å². The number of alkyl halides is 3. The zero-order chi connectivity index (χ0) is 20.4. The molecular formula is C20H14F3N5O. The molecule has 2 heterocycles. The monoisotopic (exact) mass is 397 g/mol. The van der Waals surface area contributed by atoms with Gasteiger partial charge in [0.15, 0.2) is 0 Å². The van der Waals surface area contributed by atoms with Gasteiger partial charge in [-0.05, 0) is 36.4 Å². The van der Waals surface area contributed by atoms with Gasteiger partial charge in [-0.3, -0.25) is 4.98 Å². The van der Waals surface area contributed by atoms with Crippen LogP contribution in [0.4, 0.5) is 30.6 Å². The molecule has 0 fully saturated rings. The Labute approximate surface area is 163 Å². The summed E-state index contributed by atoms with van der Waals surface area (Å²) in [5.74, 6) is 0.142. The summed E-state index contributed by atoms with van der Waals surface area (Å²) in [6, 6.07) is 14.9. The van der Waals surface area contributed by atoms with Crippen molar-refractivity contribution in [3.05, 3.63) is 67.0 Å². The Morgan fingerprint density at radius 2 is 1.69 bits per heavy atom. The predicted octanol–water partition coefficient (Wildman–Crippen LogP) is 4.92. The number of halogens is 3. The highest BCUT2D eigenvalue weighted by molar-refractivity contribution is 5.85. The lowest BCUT2D eigenvalue weighted by atomic mass is 10.1. The molecule has 9 heteroatoms. The van der Waals surface area contributed by atoms with Crippen LogP contribution in [0.3, 0.4) is 0 Å². The number of para-hydroxylation sites is 1. The van der Waals surface area contributed by atoms with Crippen LogP contribution in [-0.4, -0.2) is 21.3 Å². The van der Waals surface area contributed by atoms with E-state index >= 15 is 0 Å². The van der Waals surface area contributed by atoms with Crippen molar-refractivity contribution in [1.82, 2.24) is 15.0 Å². The van der Waals surface area contributed by atoms with Crippen LogP contribution < -0.4 is 15.8 Å². The number of ether oxygens (including phenoxy) is 1. The van der Waals surface area contributed by atoms with Gasteiger partial charge in [-0.1, -0.05) is 18.2 Å². The topological polar surface area (TPSA) is 86.0 Å². The van der Waals surface area contributed by atoms with Gasteiger partial charge in [0.1, 0.15) is 11.6 Å². The Morgan fingerprint density at radius 1 is 0.931 bits per heavy atom. The maximum absolute atomic E-state index is 12.2. The second kappa shape index (κ2) is 7.27. The maximum Gasteiger partial charge on any atom is 0.573 e. The molecule has 29 heavy (non-hydrogen) atoms. The second-order valence-electron chi connectivity index (χ2n) is 6.11. The van der Waals surface area contributed by atoms with E-state index in [1.807, 2.05) is 30.3 Å². The molecule has 0 saturated carbocycles. The highest BCUT2D eigenvalue weighted by Gasteiger charge is 2.30. The number of aromatic nitrogens is 3. The molecule has 0 spiro atoms. The van der Waals surface area contributed by atoms with E-state index in [9.17, 15) is 13.2 Å². The van der Waals surface area contributed by atoms with E-state index in [0.29, 0.717) is 11.3 Å². The molecular weight excluding hydrogens is 383 g/mol. The standard InChI is InChI=1S/C20H14F3N5O/c21-20(22,23)29-15-7-5-14(6-8-15)27-19-26-11-16(18(24)28-19)13-9-12-3-1-2-4-17(12)25-10-13/h1-11H,(H3,24,26,27,28). The fourth-order valence-electron chi connectivity index (χ4n) is 2.77. The molecule has 0 amide bonds. The SMILES string of the molecule is Nc1nc(Nc2ccc(OC(F)(F)F)cc2)ncc1-c1cnc2ccccc2c1. The smallest absolute Gasteiger partial charge is 0.406 e. The third-order valence-electron chi connectivity index (χ3n) is 4.06. The van der Waals surface area contributed by atoms with E-state index in [1.54, 1.807) is 12.4 Å². The number of fused-ring (bicyclic) bond motifs is 1. The number of pyridine rings is 1. The summed E-state index contributed by atoms with van der Waals surface area (Å²) >= 11 is 0. The summed E-state index contributed by atoms with van der Waals surface area (Å²) < 4.78 is 40.5. The van der Waals surface area contributed by atoms with Gasteiger partial charge < -0.3 is 15.8 Å². The quantitative estimate of drug-likeness (QED) is 0.509. The van der Waals surface area contributed by atoms with Crippen molar-refractivity contribution >= 4 is 28.4 Å². The van der Waals surface area contributed by atoms with E-state index in [2.05, 4.69) is 25.0 Å². The number of hydrogen-bond acceptors (Lipinski definition) is 6. The number of rotatable bonds is 4. The van der Waals surface area contributed by atoms with E-state index in [-0.39, 0.29) is 17.5 Å². The highest BCUT2D eigenvalue weighted by atomic mass is 19.4. The zero-order valence-corrected chi connectivity index (χ0v) is 14.8. The van der Waals surface area contributed by atoms with Crippen molar-refractivity contribution in [3.63, 3.8) is 0 Å². The molecule has 2 aromatic heterocycles. The van der Waals surface area contributed by atoms with E-state index in [4.69, 9.17) is 5.73 Å². The van der Waals surface area contributed by atoms with Gasteiger partial charge in [0.2, 0.25) is 5.95 Å². The molecule has 0 aliphatic carbocycles. The number of nitrogens with zero attached hydrogens (tertiary/aromatic N) is 3. The van der Waals surface area contributed by atoms with Crippen molar-refractivity contribution in [3.8, 4) is 16.9 Å². The van der Waals surface area contributed by atoms with Gasteiger partial charge in [0.05, 0.1) is 5.52 Å². The molecule has 4 aromatic rings. The summed E-state index contributed by atoms with van der Waals surface area (Å²) in [4.78, 5) is 12.9. The minimum Gasteiger partial charge on any atom is -0.406 e. The number of nitrogens with one attached hydrogen (secondary N) is 1. The first-order valence-corrected chi connectivity index (χ1v) is 8.48. The largest absolute Gasteiger partial charge is 0.573 e. The number of hydrogen-bond donors (Lipinski definition) is 2. The zero-order valence-electron chi connectivity index (χ0n) is 14.8. The summed E-state index contributed by atoms with van der Waals surface area (Å²) in [5.41, 5.74) is 8.84. The first kappa shape index (κ1) is 18.5. The number of nitrogen functional groups attached to an aromatic ring is 1. The van der Waals surface area contributed by atoms with Crippen LogP contribution >= 0.6 is 0 Å². The first-order valence-electron chi connectivity index (χ1n) is 8.48. The van der Waals surface area contributed by atoms with Gasteiger partial charge >= 0.3 is 6.36 Å². The lowest BCUT2D eigenvalue weighted by Gasteiger charge is -2.11. The Bertz CT molecular complexity index is 1160. The summed E-state index contributed by atoms with van der Waals surface area (Å²) in [6.45, 7) is 0. The fraction of sp³-hybridized carbons (Fsp3) is 0.0500. The number of nitrogens with two attached hydrogens (primary N) is 1. The minimum atomic E-state index is -4.74. The number of anilines is 3. The lowest BCUT2D eigenvalue weighted by Crippen LogP contribution is -2.17. The van der Waals surface area contributed by atoms with Crippen molar-refractivity contribution in [1.29, 1.82) is 0 Å². The van der Waals surface area contributed by atoms with Crippen LogP contribution in [0.25, 0.3) is 22.0 Å². The molecule has 4 rings (SSSR count). The number of benzene rings is 2. The van der Waals surface area contributed by atoms with E-state index in [1.165, 1.54) is 24.3 Å². The van der Waals surface area contributed by atoms with Crippen LogP contribution in [-0.2, 0) is 0 Å². The van der Waals surface area contributed by atoms with Crippen LogP contribution in [0, 0.1) is 0 Å². The lowest BCUT2D eigenvalue weighted by molar-refractivity contribution is -0.274. The van der Waals surface area contributed by atoms with Crippen molar-refractivity contribution < 1.29 is 17.9 Å². The molecule has 0 aliphatic rings. The molecule has 3 N–H and O–H groups in total. The Morgan fingerprint density at radius 3 is 2.41 bits per heavy atom. The fourth-order valence-corrected chi connectivity index (χ4v) is 2.77. The molecule has 6 nitrogen and oxygen atoms in total. The van der Waals surface area contributed by atoms with E-state index in [0.717, 1.165) is 16.5 Å². The average molecular weight is 397 g/mol. The third-order valence-corrected chi connectivity index (χ3v) is 4.06. The molecule has 0 radical (unpaired) electrons. The van der Waals surface area contributed by atoms with Crippen molar-refractivity contribution in [2.45, 2.75) is 6.36 Å². The van der Waals surface area contributed by atoms with Gasteiger partial charge in [0.25, 0.3) is 0 Å². The van der Waals surface area contributed by atoms with Crippen LogP contribution in [0.1, 0.15) is 0 Å². The van der Waals surface area contributed by atoms with Gasteiger partial charge in [-0.15, -0.1) is 13.2 Å². The minimum absolute atomic E-state index is 0.212. The molecule has 2 aromatic carbocycles. The van der Waals surface area contributed by atoms with Crippen molar-refractivity contribution in [2.24, 2.45) is 0 Å². The summed E-state index contributed by atoms with van der Waals surface area (Å²) in [7, 11) is 0. The van der Waals surface area contributed by atoms with Gasteiger partial charge in [-0.2, -0.15) is 4.98 Å². The van der Waals surface area contributed by atoms with Crippen molar-refractivity contribution in [2.75, 3.05) is 11.1 Å². The molecule has 0 bridgehead atoms. The molecule has 0 saturated heterocycles. The van der Waals surface area contributed by atoms with Crippen LogP contribution in [0.2, 0.25) is 0 Å². The molecule has 0 atom stereocenters. The second-order valence-corrected chi connectivity index (χ2v) is 6.11. The normalized spacial score (nSPS) is 11.4. The molecule has 146 valence electrons. The highest BCUT2D eigenvalue weighted by Crippen LogP contribution is 2.28. The molecule has 0 aliphatic heterocycles. The predicted molar refractivity (Wildman–Crippen MR) is 104 cm³/mol.